The molecule has 1 fully saturated rings. The van der Waals surface area contributed by atoms with E-state index in [0.717, 1.165) is 81.1 Å². The summed E-state index contributed by atoms with van der Waals surface area (Å²) < 4.78 is 50.3. The molecule has 0 saturated carbocycles. The number of carboxylic acid groups (broad SMARTS) is 1. The van der Waals surface area contributed by atoms with Crippen molar-refractivity contribution in [2.24, 2.45) is 0 Å². The van der Waals surface area contributed by atoms with Gasteiger partial charge in [0.25, 0.3) is 0 Å². The monoisotopic (exact) mass is 620 g/mol. The number of carboxylic acids is 1. The van der Waals surface area contributed by atoms with Gasteiger partial charge in [0, 0.05) is 25.2 Å². The maximum atomic E-state index is 10.6. The Labute approximate surface area is 251 Å². The molecule has 0 unspecified atom stereocenters. The van der Waals surface area contributed by atoms with Crippen molar-refractivity contribution in [2.45, 2.75) is 32.5 Å². The molecule has 13 nitrogen and oxygen atoms in total. The number of alkyl halides is 3. The molecular formula is C28H35F3N8O5. The molecule has 4 aromatic rings. The zero-order chi connectivity index (χ0) is 31.5. The molecule has 1 aliphatic heterocycles. The first kappa shape index (κ1) is 32.6. The van der Waals surface area contributed by atoms with Crippen LogP contribution in [0.5, 0.6) is 5.75 Å². The number of nitrogen functional groups attached to an aromatic ring is 1. The lowest BCUT2D eigenvalue weighted by Crippen LogP contribution is -2.37. The fourth-order valence-corrected chi connectivity index (χ4v) is 4.62. The molecule has 1 saturated heterocycles. The highest BCUT2D eigenvalue weighted by Gasteiger charge is 2.38. The number of fused-ring (bicyclic) bond motifs is 1. The molecule has 0 radical (unpaired) electrons. The lowest BCUT2D eigenvalue weighted by molar-refractivity contribution is -0.192. The number of aliphatic carboxylic acids is 1. The lowest BCUT2D eigenvalue weighted by atomic mass is 10.1. The van der Waals surface area contributed by atoms with Crippen molar-refractivity contribution in [3.8, 4) is 28.5 Å². The van der Waals surface area contributed by atoms with Crippen LogP contribution in [0.25, 0.3) is 33.8 Å². The van der Waals surface area contributed by atoms with Crippen molar-refractivity contribution in [1.82, 2.24) is 35.1 Å². The zero-order valence-electron chi connectivity index (χ0n) is 24.2. The van der Waals surface area contributed by atoms with Crippen molar-refractivity contribution < 1.29 is 37.2 Å². The normalized spacial score (nSPS) is 13.9. The van der Waals surface area contributed by atoms with Crippen LogP contribution in [0, 0.1) is 0 Å². The number of nitrogens with one attached hydrogen (secondary N) is 1. The zero-order valence-corrected chi connectivity index (χ0v) is 24.2. The van der Waals surface area contributed by atoms with E-state index in [1.54, 1.807) is 6.20 Å². The minimum Gasteiger partial charge on any atom is -0.490 e. The molecule has 0 bridgehead atoms. The molecule has 16 heteroatoms. The van der Waals surface area contributed by atoms with E-state index < -0.39 is 12.1 Å². The number of rotatable bonds is 12. The summed E-state index contributed by atoms with van der Waals surface area (Å²) in [5.41, 5.74) is 9.74. The molecule has 3 aromatic heterocycles. The van der Waals surface area contributed by atoms with Crippen LogP contribution < -0.4 is 15.8 Å². The molecule has 4 heterocycles. The van der Waals surface area contributed by atoms with E-state index in [0.29, 0.717) is 30.4 Å². The van der Waals surface area contributed by atoms with E-state index in [1.807, 2.05) is 41.8 Å². The average molecular weight is 621 g/mol. The Morgan fingerprint density at radius 3 is 2.45 bits per heavy atom. The second kappa shape index (κ2) is 15.4. The first-order chi connectivity index (χ1) is 21.2. The van der Waals surface area contributed by atoms with Gasteiger partial charge in [-0.15, -0.1) is 0 Å². The van der Waals surface area contributed by atoms with E-state index in [4.69, 9.17) is 39.7 Å². The summed E-state index contributed by atoms with van der Waals surface area (Å²) in [5.74, 6) is -1.31. The maximum Gasteiger partial charge on any atom is 0.490 e. The molecule has 238 valence electrons. The number of nitrogens with zero attached hydrogens (tertiary/aromatic N) is 6. The molecule has 1 aliphatic rings. The minimum absolute atomic E-state index is 0.196. The SMILES string of the molecule is CCn1c(-c2nonc2N)nc2c(-c3ccccc3)ncc(OCCCNCCCN3CCOCC3)c21.O=C(O)C(F)(F)F. The van der Waals surface area contributed by atoms with Gasteiger partial charge in [-0.2, -0.15) is 13.2 Å². The number of benzene rings is 1. The molecular weight excluding hydrogens is 585 g/mol. The summed E-state index contributed by atoms with van der Waals surface area (Å²) in [6, 6.07) is 9.98. The van der Waals surface area contributed by atoms with Gasteiger partial charge < -0.3 is 30.2 Å². The van der Waals surface area contributed by atoms with Crippen LogP contribution in [-0.2, 0) is 16.1 Å². The van der Waals surface area contributed by atoms with Crippen LogP contribution in [0.3, 0.4) is 0 Å². The van der Waals surface area contributed by atoms with E-state index >= 15 is 0 Å². The number of nitrogens with two attached hydrogens (primary N) is 1. The number of carbonyl (C=O) groups is 1. The summed E-state index contributed by atoms with van der Waals surface area (Å²) in [4.78, 5) is 21.0. The summed E-state index contributed by atoms with van der Waals surface area (Å²) in [6.45, 7) is 10.0. The van der Waals surface area contributed by atoms with Crippen molar-refractivity contribution >= 4 is 22.8 Å². The highest BCUT2D eigenvalue weighted by atomic mass is 19.4. The third kappa shape index (κ3) is 8.42. The molecule has 0 aliphatic carbocycles. The number of aryl methyl sites for hydroxylation is 1. The number of ether oxygens (including phenoxy) is 2. The fraction of sp³-hybridized carbons (Fsp3) is 0.464. The van der Waals surface area contributed by atoms with Gasteiger partial charge in [0.2, 0.25) is 0 Å². The van der Waals surface area contributed by atoms with Crippen LogP contribution in [0.2, 0.25) is 0 Å². The molecule has 5 rings (SSSR count). The quantitative estimate of drug-likeness (QED) is 0.198. The number of halogens is 3. The van der Waals surface area contributed by atoms with Crippen LogP contribution >= 0.6 is 0 Å². The maximum absolute atomic E-state index is 10.6. The number of imidazole rings is 1. The Balaban J connectivity index is 0.000000566. The Morgan fingerprint density at radius 2 is 1.82 bits per heavy atom. The summed E-state index contributed by atoms with van der Waals surface area (Å²) in [5, 5.41) is 18.4. The van der Waals surface area contributed by atoms with Gasteiger partial charge in [-0.1, -0.05) is 30.3 Å². The molecule has 0 spiro atoms. The Morgan fingerprint density at radius 1 is 1.11 bits per heavy atom. The fourth-order valence-electron chi connectivity index (χ4n) is 4.62. The number of hydrogen-bond donors (Lipinski definition) is 3. The third-order valence-corrected chi connectivity index (χ3v) is 6.75. The molecule has 1 aromatic carbocycles. The standard InChI is InChI=1S/C26H34N8O3.C2HF3O2/c1-2-34-24-20(36-15-7-11-28-10-6-12-33-13-16-35-17-14-33)18-29-21(19-8-4-3-5-9-19)22(24)30-26(34)23-25(27)32-37-31-23;3-2(4,5)1(6)7/h3-5,8-9,18,28H,2,6-7,10-17H2,1H3,(H2,27,32);(H,6,7). The van der Waals surface area contributed by atoms with Gasteiger partial charge in [0.1, 0.15) is 11.0 Å². The smallest absolute Gasteiger partial charge is 0.490 e. The first-order valence-corrected chi connectivity index (χ1v) is 14.2. The predicted molar refractivity (Wildman–Crippen MR) is 155 cm³/mol. The van der Waals surface area contributed by atoms with Crippen molar-refractivity contribution in [3.05, 3.63) is 36.5 Å². The number of aromatic nitrogens is 5. The third-order valence-electron chi connectivity index (χ3n) is 6.75. The Hall–Kier alpha value is -4.28. The van der Waals surface area contributed by atoms with Crippen LogP contribution in [0.1, 0.15) is 19.8 Å². The predicted octanol–water partition coefficient (Wildman–Crippen LogP) is 3.46. The highest BCUT2D eigenvalue weighted by molar-refractivity contribution is 5.95. The highest BCUT2D eigenvalue weighted by Crippen LogP contribution is 2.36. The van der Waals surface area contributed by atoms with E-state index in [-0.39, 0.29) is 5.82 Å². The van der Waals surface area contributed by atoms with E-state index in [2.05, 4.69) is 20.5 Å². The molecule has 44 heavy (non-hydrogen) atoms. The van der Waals surface area contributed by atoms with Crippen LogP contribution in [-0.4, -0.2) is 99.5 Å². The Kier molecular flexibility index (Phi) is 11.5. The summed E-state index contributed by atoms with van der Waals surface area (Å²) in [7, 11) is 0. The van der Waals surface area contributed by atoms with E-state index in [9.17, 15) is 13.2 Å². The van der Waals surface area contributed by atoms with Gasteiger partial charge in [-0.05, 0) is 49.7 Å². The largest absolute Gasteiger partial charge is 0.490 e. The lowest BCUT2D eigenvalue weighted by Gasteiger charge is -2.26. The van der Waals surface area contributed by atoms with Crippen molar-refractivity contribution in [2.75, 3.05) is 58.3 Å². The summed E-state index contributed by atoms with van der Waals surface area (Å²) in [6.07, 6.45) is -1.29. The van der Waals surface area contributed by atoms with Gasteiger partial charge in [-0.3, -0.25) is 4.90 Å². The van der Waals surface area contributed by atoms with Gasteiger partial charge >= 0.3 is 12.1 Å². The van der Waals surface area contributed by atoms with Crippen molar-refractivity contribution in [3.63, 3.8) is 0 Å². The number of pyridine rings is 1. The van der Waals surface area contributed by atoms with Gasteiger partial charge in [-0.25, -0.2) is 19.4 Å². The van der Waals surface area contributed by atoms with Gasteiger partial charge in [0.15, 0.2) is 23.1 Å². The van der Waals surface area contributed by atoms with Crippen LogP contribution in [0.4, 0.5) is 19.0 Å². The molecule has 0 atom stereocenters. The second-order valence-corrected chi connectivity index (χ2v) is 9.77. The molecule has 4 N–H and O–H groups in total. The average Bonchev–Trinajstić information content (AvgIpc) is 3.62. The van der Waals surface area contributed by atoms with Gasteiger partial charge in [0.05, 0.1) is 31.7 Å². The first-order valence-electron chi connectivity index (χ1n) is 14.2. The number of anilines is 1. The molecule has 0 amide bonds. The van der Waals surface area contributed by atoms with E-state index in [1.165, 1.54) is 0 Å². The van der Waals surface area contributed by atoms with Crippen LogP contribution in [0.15, 0.2) is 41.2 Å². The van der Waals surface area contributed by atoms with Crippen molar-refractivity contribution in [1.29, 1.82) is 0 Å². The Bertz CT molecular complexity index is 1490. The topological polar surface area (TPSA) is 167 Å². The number of morpholine rings is 1. The summed E-state index contributed by atoms with van der Waals surface area (Å²) >= 11 is 0. The second-order valence-electron chi connectivity index (χ2n) is 9.77. The number of hydrogen-bond acceptors (Lipinski definition) is 11. The minimum atomic E-state index is -5.08.